The summed E-state index contributed by atoms with van der Waals surface area (Å²) >= 11 is 0. The number of nitrogens with zero attached hydrogens (tertiary/aromatic N) is 1. The summed E-state index contributed by atoms with van der Waals surface area (Å²) in [6.07, 6.45) is 0.810. The molecule has 1 aromatic rings. The maximum atomic E-state index is 12.5. The molecule has 0 aromatic heterocycles. The van der Waals surface area contributed by atoms with E-state index in [4.69, 9.17) is 16.4 Å². The molecule has 0 saturated heterocycles. The van der Waals surface area contributed by atoms with Gasteiger partial charge in [-0.3, -0.25) is 0 Å². The van der Waals surface area contributed by atoms with E-state index >= 15 is 0 Å². The number of hydrogen-bond acceptors (Lipinski definition) is 2. The summed E-state index contributed by atoms with van der Waals surface area (Å²) < 4.78 is 42.5. The predicted octanol–water partition coefficient (Wildman–Crippen LogP) is 2.98. The summed E-state index contributed by atoms with van der Waals surface area (Å²) in [5, 5.41) is 8.64. The number of halogens is 3. The van der Waals surface area contributed by atoms with Crippen molar-refractivity contribution in [3.05, 3.63) is 29.3 Å². The van der Waals surface area contributed by atoms with E-state index in [1.807, 2.05) is 0 Å². The van der Waals surface area contributed by atoms with E-state index in [-0.39, 0.29) is 12.4 Å². The van der Waals surface area contributed by atoms with Crippen LogP contribution in [0.25, 0.3) is 0 Å². The largest absolute Gasteiger partial charge is 0.493 e. The maximum Gasteiger partial charge on any atom is 0.417 e. The van der Waals surface area contributed by atoms with Crippen LogP contribution in [-0.2, 0) is 6.18 Å². The molecule has 0 fully saturated rings. The zero-order valence-electron chi connectivity index (χ0n) is 8.71. The number of alkyl halides is 3. The van der Waals surface area contributed by atoms with Crippen molar-refractivity contribution in [1.82, 2.24) is 0 Å². The monoisotopic (exact) mass is 239 g/mol. The molecule has 0 radical (unpaired) electrons. The predicted molar refractivity (Wildman–Crippen MR) is 55.1 cm³/mol. The van der Waals surface area contributed by atoms with Crippen LogP contribution in [0.3, 0.4) is 0 Å². The van der Waals surface area contributed by atoms with E-state index < -0.39 is 17.3 Å². The minimum atomic E-state index is -4.54. The van der Waals surface area contributed by atoms with Crippen LogP contribution >= 0.6 is 0 Å². The van der Waals surface area contributed by atoms with Gasteiger partial charge in [0.2, 0.25) is 0 Å². The first-order valence-electron chi connectivity index (χ1n) is 4.66. The van der Waals surface area contributed by atoms with Gasteiger partial charge in [0.15, 0.2) is 0 Å². The third-order valence-electron chi connectivity index (χ3n) is 1.93. The van der Waals surface area contributed by atoms with Gasteiger partial charge in [-0.15, -0.1) is 12.3 Å². The molecule has 0 saturated carbocycles. The van der Waals surface area contributed by atoms with E-state index in [0.29, 0.717) is 6.42 Å². The molecule has 0 aliphatic rings. The Morgan fingerprint density at radius 2 is 2.06 bits per heavy atom. The molecule has 0 aliphatic heterocycles. The van der Waals surface area contributed by atoms with Crippen molar-refractivity contribution in [1.29, 1.82) is 5.26 Å². The van der Waals surface area contributed by atoms with E-state index in [1.54, 1.807) is 0 Å². The number of hydrogen-bond donors (Lipinski definition) is 0. The smallest absolute Gasteiger partial charge is 0.417 e. The highest BCUT2D eigenvalue weighted by molar-refractivity contribution is 5.44. The molecule has 0 heterocycles. The molecule has 0 amide bonds. The van der Waals surface area contributed by atoms with Crippen LogP contribution < -0.4 is 4.74 Å². The first-order chi connectivity index (χ1) is 7.99. The normalized spacial score (nSPS) is 10.4. The second-order valence-corrected chi connectivity index (χ2v) is 3.12. The molecular weight excluding hydrogens is 231 g/mol. The average molecular weight is 239 g/mol. The second kappa shape index (κ2) is 5.27. The van der Waals surface area contributed by atoms with Crippen molar-refractivity contribution >= 4 is 0 Å². The molecular formula is C12H8F3NO. The summed E-state index contributed by atoms with van der Waals surface area (Å²) in [5.41, 5.74) is -1.43. The summed E-state index contributed by atoms with van der Waals surface area (Å²) in [7, 11) is 0. The molecule has 1 rings (SSSR count). The first kappa shape index (κ1) is 12.9. The lowest BCUT2D eigenvalue weighted by Crippen LogP contribution is -2.08. The van der Waals surface area contributed by atoms with Crippen LogP contribution in [0.2, 0.25) is 0 Å². The van der Waals surface area contributed by atoms with Gasteiger partial charge >= 0.3 is 6.18 Å². The number of nitriles is 1. The molecule has 17 heavy (non-hydrogen) atoms. The van der Waals surface area contributed by atoms with Crippen LogP contribution in [0.15, 0.2) is 18.2 Å². The third kappa shape index (κ3) is 3.42. The highest BCUT2D eigenvalue weighted by atomic mass is 19.4. The van der Waals surface area contributed by atoms with Crippen molar-refractivity contribution in [3.63, 3.8) is 0 Å². The van der Waals surface area contributed by atoms with Crippen molar-refractivity contribution in [2.24, 2.45) is 0 Å². The Bertz CT molecular complexity index is 480. The van der Waals surface area contributed by atoms with Gasteiger partial charge in [-0.1, -0.05) is 0 Å². The molecule has 0 aliphatic carbocycles. The van der Waals surface area contributed by atoms with E-state index in [1.165, 1.54) is 12.1 Å². The maximum absolute atomic E-state index is 12.5. The van der Waals surface area contributed by atoms with Crippen molar-refractivity contribution in [2.75, 3.05) is 6.61 Å². The molecule has 0 N–H and O–H groups in total. The van der Waals surface area contributed by atoms with Crippen molar-refractivity contribution in [2.45, 2.75) is 12.6 Å². The lowest BCUT2D eigenvalue weighted by Gasteiger charge is -2.10. The Balaban J connectivity index is 2.95. The summed E-state index contributed by atoms with van der Waals surface area (Å²) in [5.74, 6) is 2.53. The zero-order chi connectivity index (χ0) is 12.9. The van der Waals surface area contributed by atoms with Crippen LogP contribution in [-0.4, -0.2) is 6.61 Å². The Labute approximate surface area is 96.6 Å². The zero-order valence-corrected chi connectivity index (χ0v) is 8.71. The third-order valence-corrected chi connectivity index (χ3v) is 1.93. The Morgan fingerprint density at radius 3 is 2.59 bits per heavy atom. The fraction of sp³-hybridized carbons (Fsp3) is 0.250. The molecule has 5 heteroatoms. The molecule has 88 valence electrons. The molecule has 0 atom stereocenters. The Morgan fingerprint density at radius 1 is 1.35 bits per heavy atom. The van der Waals surface area contributed by atoms with Gasteiger partial charge in [0.1, 0.15) is 5.75 Å². The number of terminal acetylenes is 1. The Hall–Kier alpha value is -2.14. The number of benzene rings is 1. The van der Waals surface area contributed by atoms with E-state index in [9.17, 15) is 13.2 Å². The topological polar surface area (TPSA) is 33.0 Å². The van der Waals surface area contributed by atoms with Crippen molar-refractivity contribution < 1.29 is 17.9 Å². The van der Waals surface area contributed by atoms with E-state index in [0.717, 1.165) is 12.1 Å². The molecule has 2 nitrogen and oxygen atoms in total. The van der Waals surface area contributed by atoms with Crippen LogP contribution in [0.4, 0.5) is 13.2 Å². The van der Waals surface area contributed by atoms with Gasteiger partial charge < -0.3 is 4.74 Å². The van der Waals surface area contributed by atoms with Crippen molar-refractivity contribution in [3.8, 4) is 24.2 Å². The summed E-state index contributed by atoms with van der Waals surface area (Å²) in [6, 6.07) is 4.54. The average Bonchev–Trinajstić information content (AvgIpc) is 2.28. The number of ether oxygens (including phenoxy) is 1. The van der Waals surface area contributed by atoms with Crippen LogP contribution in [0, 0.1) is 23.7 Å². The standard InChI is InChI=1S/C12H8F3NO/c1-2-3-6-17-10-4-5-11(12(13,14)15)9(7-10)8-16/h1,4-5,7H,3,6H2. The van der Waals surface area contributed by atoms with E-state index in [2.05, 4.69) is 5.92 Å². The quantitative estimate of drug-likeness (QED) is 0.600. The molecule has 0 unspecified atom stereocenters. The summed E-state index contributed by atoms with van der Waals surface area (Å²) in [4.78, 5) is 0. The van der Waals surface area contributed by atoms with Gasteiger partial charge in [0, 0.05) is 6.42 Å². The number of rotatable bonds is 3. The van der Waals surface area contributed by atoms with Gasteiger partial charge in [0.05, 0.1) is 23.8 Å². The highest BCUT2D eigenvalue weighted by Gasteiger charge is 2.33. The van der Waals surface area contributed by atoms with Gasteiger partial charge in [-0.2, -0.15) is 18.4 Å². The Kier molecular flexibility index (Phi) is 4.01. The molecule has 0 bridgehead atoms. The van der Waals surface area contributed by atoms with Crippen LogP contribution in [0.1, 0.15) is 17.5 Å². The fourth-order valence-electron chi connectivity index (χ4n) is 1.18. The fourth-order valence-corrected chi connectivity index (χ4v) is 1.18. The van der Waals surface area contributed by atoms with Gasteiger partial charge in [-0.25, -0.2) is 0 Å². The van der Waals surface area contributed by atoms with Gasteiger partial charge in [0.25, 0.3) is 0 Å². The first-order valence-corrected chi connectivity index (χ1v) is 4.66. The van der Waals surface area contributed by atoms with Crippen LogP contribution in [0.5, 0.6) is 5.75 Å². The minimum absolute atomic E-state index is 0.199. The second-order valence-electron chi connectivity index (χ2n) is 3.12. The molecule has 0 spiro atoms. The minimum Gasteiger partial charge on any atom is -0.493 e. The lowest BCUT2D eigenvalue weighted by molar-refractivity contribution is -0.137. The summed E-state index contributed by atoms with van der Waals surface area (Å²) in [6.45, 7) is 0.201. The SMILES string of the molecule is C#CCCOc1ccc(C(F)(F)F)c(C#N)c1. The molecule has 1 aromatic carbocycles. The highest BCUT2D eigenvalue weighted by Crippen LogP contribution is 2.33. The lowest BCUT2D eigenvalue weighted by atomic mass is 10.1. The van der Waals surface area contributed by atoms with Gasteiger partial charge in [-0.05, 0) is 18.2 Å².